The first-order valence-electron chi connectivity index (χ1n) is 26.4. The molecule has 0 aromatic rings. The van der Waals surface area contributed by atoms with Gasteiger partial charge in [-0.3, -0.25) is 9.59 Å². The fourth-order valence-corrected chi connectivity index (χ4v) is 7.87. The van der Waals surface area contributed by atoms with Crippen LogP contribution < -0.4 is 5.32 Å². The molecule has 0 aliphatic rings. The largest absolute Gasteiger partial charge is 0.462 e. The number of carbonyl (C=O) groups excluding carboxylic acids is 2. The number of allylic oxidation sites excluding steroid dienone is 8. The third-order valence-electron chi connectivity index (χ3n) is 11.9. The molecule has 61 heavy (non-hydrogen) atoms. The number of aliphatic hydroxyl groups excluding tert-OH is 2. The van der Waals surface area contributed by atoms with Crippen molar-refractivity contribution < 1.29 is 24.5 Å². The molecule has 0 aliphatic heterocycles. The molecule has 0 heterocycles. The lowest BCUT2D eigenvalue weighted by atomic mass is 10.0. The molecule has 3 atom stereocenters. The molecule has 3 N–H and O–H groups in total. The van der Waals surface area contributed by atoms with Crippen LogP contribution in [0.15, 0.2) is 48.6 Å². The molecule has 0 fully saturated rings. The zero-order valence-corrected chi connectivity index (χ0v) is 40.5. The summed E-state index contributed by atoms with van der Waals surface area (Å²) in [7, 11) is 0. The first-order valence-corrected chi connectivity index (χ1v) is 26.4. The fourth-order valence-electron chi connectivity index (χ4n) is 7.87. The van der Waals surface area contributed by atoms with Crippen molar-refractivity contribution in [2.24, 2.45) is 0 Å². The van der Waals surface area contributed by atoms with E-state index in [-0.39, 0.29) is 24.9 Å². The summed E-state index contributed by atoms with van der Waals surface area (Å²) in [5.41, 5.74) is 0. The quantitative estimate of drug-likeness (QED) is 0.0245. The van der Waals surface area contributed by atoms with E-state index >= 15 is 0 Å². The minimum Gasteiger partial charge on any atom is -0.462 e. The molecule has 6 nitrogen and oxygen atoms in total. The second-order valence-corrected chi connectivity index (χ2v) is 17.9. The Balaban J connectivity index is 4.58. The van der Waals surface area contributed by atoms with Crippen LogP contribution in [0.25, 0.3) is 0 Å². The monoisotopic (exact) mass is 856 g/mol. The van der Waals surface area contributed by atoms with Crippen LogP contribution in [0, 0.1) is 0 Å². The second kappa shape index (κ2) is 48.8. The molecule has 0 saturated heterocycles. The van der Waals surface area contributed by atoms with Gasteiger partial charge in [0.05, 0.1) is 25.2 Å². The maximum Gasteiger partial charge on any atom is 0.306 e. The minimum absolute atomic E-state index is 0.0435. The van der Waals surface area contributed by atoms with Gasteiger partial charge >= 0.3 is 5.97 Å². The molecular formula is C55H101NO5. The highest BCUT2D eigenvalue weighted by Gasteiger charge is 2.24. The zero-order valence-electron chi connectivity index (χ0n) is 40.5. The van der Waals surface area contributed by atoms with Gasteiger partial charge in [0, 0.05) is 6.42 Å². The van der Waals surface area contributed by atoms with Gasteiger partial charge in [-0.15, -0.1) is 0 Å². The second-order valence-electron chi connectivity index (χ2n) is 17.9. The normalized spacial score (nSPS) is 13.6. The van der Waals surface area contributed by atoms with Crippen molar-refractivity contribution in [2.45, 2.75) is 283 Å². The Labute approximate surface area is 378 Å². The smallest absolute Gasteiger partial charge is 0.306 e. The molecule has 0 bridgehead atoms. The summed E-state index contributed by atoms with van der Waals surface area (Å²) in [4.78, 5) is 26.1. The highest BCUT2D eigenvalue weighted by molar-refractivity contribution is 5.77. The number of rotatable bonds is 47. The van der Waals surface area contributed by atoms with E-state index in [1.165, 1.54) is 154 Å². The lowest BCUT2D eigenvalue weighted by Gasteiger charge is -2.24. The molecule has 1 amide bonds. The summed E-state index contributed by atoms with van der Waals surface area (Å²) in [5, 5.41) is 23.7. The molecule has 6 heteroatoms. The van der Waals surface area contributed by atoms with Crippen LogP contribution in [0.4, 0.5) is 0 Å². The van der Waals surface area contributed by atoms with Gasteiger partial charge in [0.25, 0.3) is 0 Å². The van der Waals surface area contributed by atoms with Crippen molar-refractivity contribution in [2.75, 3.05) is 6.61 Å². The topological polar surface area (TPSA) is 95.9 Å². The number of nitrogens with one attached hydrogen (secondary N) is 1. The molecule has 0 aromatic heterocycles. The zero-order chi connectivity index (χ0) is 44.5. The van der Waals surface area contributed by atoms with E-state index in [0.717, 1.165) is 64.2 Å². The number of hydrogen-bond acceptors (Lipinski definition) is 5. The van der Waals surface area contributed by atoms with Crippen molar-refractivity contribution in [3.63, 3.8) is 0 Å². The van der Waals surface area contributed by atoms with Crippen LogP contribution in [0.2, 0.25) is 0 Å². The third-order valence-corrected chi connectivity index (χ3v) is 11.9. The number of esters is 1. The van der Waals surface area contributed by atoms with Crippen molar-refractivity contribution in [1.29, 1.82) is 0 Å². The van der Waals surface area contributed by atoms with E-state index in [1.807, 2.05) is 0 Å². The van der Waals surface area contributed by atoms with Crippen molar-refractivity contribution in [1.82, 2.24) is 5.32 Å². The van der Waals surface area contributed by atoms with Crippen LogP contribution in [-0.2, 0) is 14.3 Å². The Kier molecular flexibility index (Phi) is 47.1. The third kappa shape index (κ3) is 44.2. The Morgan fingerprint density at radius 2 is 0.902 bits per heavy atom. The van der Waals surface area contributed by atoms with Crippen molar-refractivity contribution >= 4 is 11.9 Å². The number of amides is 1. The summed E-state index contributed by atoms with van der Waals surface area (Å²) in [6, 6.07) is -0.715. The summed E-state index contributed by atoms with van der Waals surface area (Å²) >= 11 is 0. The van der Waals surface area contributed by atoms with E-state index < -0.39 is 18.2 Å². The van der Waals surface area contributed by atoms with Gasteiger partial charge in [-0.2, -0.15) is 0 Å². The molecule has 356 valence electrons. The number of carbonyl (C=O) groups is 2. The Morgan fingerprint density at radius 1 is 0.492 bits per heavy atom. The molecule has 0 saturated carbocycles. The summed E-state index contributed by atoms with van der Waals surface area (Å²) in [5.74, 6) is -0.521. The van der Waals surface area contributed by atoms with E-state index in [4.69, 9.17) is 4.74 Å². The lowest BCUT2D eigenvalue weighted by molar-refractivity contribution is -0.151. The van der Waals surface area contributed by atoms with Gasteiger partial charge in [-0.05, 0) is 77.0 Å². The molecule has 0 rings (SSSR count). The first-order chi connectivity index (χ1) is 30.0. The van der Waals surface area contributed by atoms with Gasteiger partial charge in [-0.25, -0.2) is 0 Å². The highest BCUT2D eigenvalue weighted by atomic mass is 16.5. The predicted octanol–water partition coefficient (Wildman–Crippen LogP) is 15.8. The SMILES string of the molecule is CCCCC/C=C\C/C=C\CCCCCCCCCCCC(=O)OC(CCC/C=C/C=C/CCCCCCCCC)CC(=O)NC(CO)C(O)CCCCCCCCCCC. The summed E-state index contributed by atoms with van der Waals surface area (Å²) in [6.07, 6.45) is 59.0. The fraction of sp³-hybridized carbons (Fsp3) is 0.818. The van der Waals surface area contributed by atoms with Crippen LogP contribution >= 0.6 is 0 Å². The maximum absolute atomic E-state index is 13.2. The molecule has 0 aliphatic carbocycles. The van der Waals surface area contributed by atoms with E-state index in [2.05, 4.69) is 74.7 Å². The maximum atomic E-state index is 13.2. The average Bonchev–Trinajstić information content (AvgIpc) is 3.25. The van der Waals surface area contributed by atoms with Crippen molar-refractivity contribution in [3.8, 4) is 0 Å². The predicted molar refractivity (Wildman–Crippen MR) is 264 cm³/mol. The Bertz CT molecular complexity index is 1050. The summed E-state index contributed by atoms with van der Waals surface area (Å²) in [6.45, 7) is 6.43. The Morgan fingerprint density at radius 3 is 1.41 bits per heavy atom. The molecular weight excluding hydrogens is 755 g/mol. The number of hydrogen-bond donors (Lipinski definition) is 3. The van der Waals surface area contributed by atoms with E-state index in [0.29, 0.717) is 19.3 Å². The van der Waals surface area contributed by atoms with Gasteiger partial charge in [0.1, 0.15) is 6.10 Å². The van der Waals surface area contributed by atoms with E-state index in [9.17, 15) is 19.8 Å². The molecule has 3 unspecified atom stereocenters. The molecule has 0 radical (unpaired) electrons. The van der Waals surface area contributed by atoms with Gasteiger partial charge in [0.15, 0.2) is 0 Å². The number of unbranched alkanes of at least 4 members (excludes halogenated alkanes) is 28. The molecule has 0 aromatic carbocycles. The van der Waals surface area contributed by atoms with E-state index in [1.54, 1.807) is 0 Å². The van der Waals surface area contributed by atoms with Gasteiger partial charge < -0.3 is 20.3 Å². The first kappa shape index (κ1) is 58.8. The number of aliphatic hydroxyl groups is 2. The van der Waals surface area contributed by atoms with Gasteiger partial charge in [0.2, 0.25) is 5.91 Å². The molecule has 0 spiro atoms. The minimum atomic E-state index is -0.798. The summed E-state index contributed by atoms with van der Waals surface area (Å²) < 4.78 is 5.91. The van der Waals surface area contributed by atoms with Crippen LogP contribution in [0.3, 0.4) is 0 Å². The average molecular weight is 856 g/mol. The van der Waals surface area contributed by atoms with Crippen LogP contribution in [-0.4, -0.2) is 46.9 Å². The standard InChI is InChI=1S/C55H101NO5/c1-4-7-10-13-16-19-21-23-25-26-27-28-29-31-33-36-39-42-45-48-55(60)61-51(46-43-40-37-35-32-30-24-22-20-17-14-11-8-5-2)49-54(59)56-52(50-57)53(58)47-44-41-38-34-18-15-12-9-6-3/h16,19,23,25,30,32,35,37,51-53,57-58H,4-15,17-18,20-22,24,26-29,31,33-34,36,38-50H2,1-3H3,(H,56,59)/b19-16-,25-23-,32-30+,37-35+. The van der Waals surface area contributed by atoms with Crippen molar-refractivity contribution in [3.05, 3.63) is 48.6 Å². The van der Waals surface area contributed by atoms with Gasteiger partial charge in [-0.1, -0.05) is 223 Å². The number of ether oxygens (including phenoxy) is 1. The van der Waals surface area contributed by atoms with Crippen LogP contribution in [0.1, 0.15) is 265 Å². The lowest BCUT2D eigenvalue weighted by Crippen LogP contribution is -2.46. The van der Waals surface area contributed by atoms with Crippen LogP contribution in [0.5, 0.6) is 0 Å². The highest BCUT2D eigenvalue weighted by Crippen LogP contribution is 2.17. The Hall–Kier alpha value is -2.18.